The number of ether oxygens (including phenoxy) is 4. The molecule has 0 saturated carbocycles. The van der Waals surface area contributed by atoms with Crippen molar-refractivity contribution >= 4 is 17.5 Å². The van der Waals surface area contributed by atoms with Crippen molar-refractivity contribution in [2.75, 3.05) is 39.3 Å². The number of methoxy groups -OCH3 is 2. The fourth-order valence-corrected chi connectivity index (χ4v) is 5.47. The molecule has 0 spiro atoms. The number of amides is 2. The van der Waals surface area contributed by atoms with E-state index >= 15 is 0 Å². The molecule has 3 aromatic carbocycles. The highest BCUT2D eigenvalue weighted by Gasteiger charge is 2.46. The third kappa shape index (κ3) is 4.40. The molecule has 0 bridgehead atoms. The molecule has 0 saturated heterocycles. The Morgan fingerprint density at radius 2 is 1.66 bits per heavy atom. The molecule has 1 N–H and O–H groups in total. The number of hydrogen-bond donors (Lipinski definition) is 1. The summed E-state index contributed by atoms with van der Waals surface area (Å²) in [7, 11) is 3.12. The molecule has 38 heavy (non-hydrogen) atoms. The zero-order valence-electron chi connectivity index (χ0n) is 22.1. The molecule has 8 heteroatoms. The minimum atomic E-state index is -0.651. The van der Waals surface area contributed by atoms with Crippen LogP contribution in [0.2, 0.25) is 0 Å². The van der Waals surface area contributed by atoms with E-state index in [0.717, 1.165) is 11.1 Å². The van der Waals surface area contributed by atoms with Crippen molar-refractivity contribution in [3.8, 4) is 23.0 Å². The van der Waals surface area contributed by atoms with Crippen LogP contribution >= 0.6 is 0 Å². The topological polar surface area (TPSA) is 86.3 Å². The van der Waals surface area contributed by atoms with Gasteiger partial charge in [-0.15, -0.1) is 0 Å². The normalized spacial score (nSPS) is 17.6. The lowest BCUT2D eigenvalue weighted by Gasteiger charge is -2.45. The Hall–Kier alpha value is -4.20. The first-order valence-electron chi connectivity index (χ1n) is 12.9. The first kappa shape index (κ1) is 25.4. The fraction of sp³-hybridized carbons (Fsp3) is 0.333. The molecule has 8 nitrogen and oxygen atoms in total. The maximum absolute atomic E-state index is 14.1. The second-order valence-corrected chi connectivity index (χ2v) is 9.18. The number of fused-ring (bicyclic) bond motifs is 4. The number of benzene rings is 3. The highest BCUT2D eigenvalue weighted by molar-refractivity contribution is 6.05. The Kier molecular flexibility index (Phi) is 7.13. The van der Waals surface area contributed by atoms with Gasteiger partial charge in [0.25, 0.3) is 5.91 Å². The van der Waals surface area contributed by atoms with E-state index in [9.17, 15) is 9.59 Å². The summed E-state index contributed by atoms with van der Waals surface area (Å²) >= 11 is 0. The minimum absolute atomic E-state index is 0.0748. The monoisotopic (exact) mass is 516 g/mol. The van der Waals surface area contributed by atoms with E-state index in [1.54, 1.807) is 38.5 Å². The average molecular weight is 517 g/mol. The van der Waals surface area contributed by atoms with Crippen molar-refractivity contribution in [2.45, 2.75) is 32.2 Å². The molecule has 2 heterocycles. The van der Waals surface area contributed by atoms with Gasteiger partial charge in [-0.05, 0) is 67.3 Å². The Labute approximate surface area is 222 Å². The maximum Gasteiger partial charge on any atom is 0.254 e. The number of rotatable bonds is 8. The van der Waals surface area contributed by atoms with Gasteiger partial charge in [-0.3, -0.25) is 9.59 Å². The summed E-state index contributed by atoms with van der Waals surface area (Å²) < 4.78 is 22.6. The molecule has 198 valence electrons. The van der Waals surface area contributed by atoms with Gasteiger partial charge in [-0.25, -0.2) is 0 Å². The average Bonchev–Trinajstić information content (AvgIpc) is 2.94. The van der Waals surface area contributed by atoms with Gasteiger partial charge >= 0.3 is 0 Å². The standard InChI is InChI=1S/C30H32N2O6/c1-5-37-25-15-18-13-14-32-28(22(18)17-26(25)38-6-2)27(20-9-7-8-10-21(20)30(32)34)29(33)31-23-12-11-19(35-3)16-24(23)36-4/h7-12,15-17,27-28H,5-6,13-14H2,1-4H3,(H,31,33)/t27-,28-/m0/s1. The molecular formula is C30H32N2O6. The summed E-state index contributed by atoms with van der Waals surface area (Å²) in [6.45, 7) is 5.33. The van der Waals surface area contributed by atoms with Gasteiger partial charge in [0.2, 0.25) is 5.91 Å². The van der Waals surface area contributed by atoms with E-state index in [1.165, 1.54) is 0 Å². The van der Waals surface area contributed by atoms with Gasteiger partial charge in [-0.1, -0.05) is 18.2 Å². The lowest BCUT2D eigenvalue weighted by Crippen LogP contribution is -2.49. The van der Waals surface area contributed by atoms with Crippen molar-refractivity contribution in [1.29, 1.82) is 0 Å². The highest BCUT2D eigenvalue weighted by Crippen LogP contribution is 2.49. The SMILES string of the molecule is CCOc1cc2c(cc1OCC)[C@H]1[C@@H](C(=O)Nc3ccc(OC)cc3OC)c3ccccc3C(=O)N1CC2. The maximum atomic E-state index is 14.1. The molecule has 5 rings (SSSR count). The van der Waals surface area contributed by atoms with Crippen molar-refractivity contribution < 1.29 is 28.5 Å². The van der Waals surface area contributed by atoms with Crippen LogP contribution in [0, 0.1) is 0 Å². The van der Waals surface area contributed by atoms with Crippen LogP contribution in [0.4, 0.5) is 5.69 Å². The first-order valence-corrected chi connectivity index (χ1v) is 12.9. The Balaban J connectivity index is 1.63. The molecule has 0 radical (unpaired) electrons. The predicted molar refractivity (Wildman–Crippen MR) is 144 cm³/mol. The van der Waals surface area contributed by atoms with E-state index in [-0.39, 0.29) is 11.8 Å². The summed E-state index contributed by atoms with van der Waals surface area (Å²) in [6, 6.07) is 16.0. The lowest BCUT2D eigenvalue weighted by atomic mass is 9.75. The van der Waals surface area contributed by atoms with Crippen LogP contribution in [0.5, 0.6) is 23.0 Å². The van der Waals surface area contributed by atoms with E-state index in [1.807, 2.05) is 49.1 Å². The number of nitrogens with one attached hydrogen (secondary N) is 1. The molecule has 0 aliphatic carbocycles. The van der Waals surface area contributed by atoms with Crippen molar-refractivity contribution in [3.63, 3.8) is 0 Å². The largest absolute Gasteiger partial charge is 0.497 e. The number of carbonyl (C=O) groups is 2. The molecule has 0 unspecified atom stereocenters. The van der Waals surface area contributed by atoms with Crippen LogP contribution in [0.15, 0.2) is 54.6 Å². The number of hydrogen-bond acceptors (Lipinski definition) is 6. The van der Waals surface area contributed by atoms with Crippen LogP contribution < -0.4 is 24.3 Å². The predicted octanol–water partition coefficient (Wildman–Crippen LogP) is 4.98. The van der Waals surface area contributed by atoms with E-state index in [2.05, 4.69) is 5.32 Å². The number of anilines is 1. The third-order valence-corrected chi connectivity index (χ3v) is 7.13. The van der Waals surface area contributed by atoms with Gasteiger partial charge in [0.15, 0.2) is 11.5 Å². The fourth-order valence-electron chi connectivity index (χ4n) is 5.47. The number of nitrogens with zero attached hydrogens (tertiary/aromatic N) is 1. The molecular weight excluding hydrogens is 484 g/mol. The summed E-state index contributed by atoms with van der Waals surface area (Å²) in [5.41, 5.74) is 3.71. The molecule has 0 fully saturated rings. The first-order chi connectivity index (χ1) is 18.5. The van der Waals surface area contributed by atoms with Gasteiger partial charge in [0.05, 0.1) is 45.1 Å². The van der Waals surface area contributed by atoms with Crippen LogP contribution in [-0.2, 0) is 11.2 Å². The number of carbonyl (C=O) groups excluding carboxylic acids is 2. The van der Waals surface area contributed by atoms with Gasteiger partial charge < -0.3 is 29.2 Å². The van der Waals surface area contributed by atoms with Gasteiger partial charge in [-0.2, -0.15) is 0 Å². The summed E-state index contributed by atoms with van der Waals surface area (Å²) in [5.74, 6) is 1.43. The van der Waals surface area contributed by atoms with Crippen LogP contribution in [-0.4, -0.2) is 50.7 Å². The molecule has 2 aliphatic heterocycles. The molecule has 3 aromatic rings. The molecule has 0 aromatic heterocycles. The van der Waals surface area contributed by atoms with E-state index < -0.39 is 12.0 Å². The van der Waals surface area contributed by atoms with Gasteiger partial charge in [0.1, 0.15) is 11.5 Å². The van der Waals surface area contributed by atoms with Crippen molar-refractivity contribution in [3.05, 3.63) is 76.9 Å². The zero-order chi connectivity index (χ0) is 26.8. The third-order valence-electron chi connectivity index (χ3n) is 7.13. The smallest absolute Gasteiger partial charge is 0.254 e. The molecule has 2 aliphatic rings. The highest BCUT2D eigenvalue weighted by atomic mass is 16.5. The summed E-state index contributed by atoms with van der Waals surface area (Å²) in [5, 5.41) is 3.06. The lowest BCUT2D eigenvalue weighted by molar-refractivity contribution is -0.119. The van der Waals surface area contributed by atoms with Gasteiger partial charge in [0, 0.05) is 18.2 Å². The quantitative estimate of drug-likeness (QED) is 0.455. The Morgan fingerprint density at radius 1 is 0.921 bits per heavy atom. The Bertz CT molecular complexity index is 1370. The molecule has 2 atom stereocenters. The minimum Gasteiger partial charge on any atom is -0.497 e. The van der Waals surface area contributed by atoms with Crippen molar-refractivity contribution in [2.24, 2.45) is 0 Å². The Morgan fingerprint density at radius 3 is 2.37 bits per heavy atom. The zero-order valence-corrected chi connectivity index (χ0v) is 22.1. The van der Waals surface area contributed by atoms with Crippen LogP contribution in [0.25, 0.3) is 0 Å². The van der Waals surface area contributed by atoms with E-state index in [4.69, 9.17) is 18.9 Å². The second kappa shape index (κ2) is 10.7. The van der Waals surface area contributed by atoms with Crippen LogP contribution in [0.3, 0.4) is 0 Å². The molecule has 2 amide bonds. The summed E-state index contributed by atoms with van der Waals surface area (Å²) in [6.07, 6.45) is 0.660. The summed E-state index contributed by atoms with van der Waals surface area (Å²) in [4.78, 5) is 29.6. The van der Waals surface area contributed by atoms with Crippen molar-refractivity contribution in [1.82, 2.24) is 4.90 Å². The van der Waals surface area contributed by atoms with Crippen LogP contribution in [0.1, 0.15) is 52.9 Å². The second-order valence-electron chi connectivity index (χ2n) is 9.18. The van der Waals surface area contributed by atoms with E-state index in [0.29, 0.717) is 66.0 Å².